The van der Waals surface area contributed by atoms with Crippen LogP contribution in [0.3, 0.4) is 0 Å². The Morgan fingerprint density at radius 2 is 2.47 bits per heavy atom. The van der Waals surface area contributed by atoms with Gasteiger partial charge in [0.05, 0.1) is 5.69 Å². The predicted molar refractivity (Wildman–Crippen MR) is 56.2 cm³/mol. The third-order valence-electron chi connectivity index (χ3n) is 1.98. The van der Waals surface area contributed by atoms with Crippen LogP contribution in [0.1, 0.15) is 5.82 Å². The number of aromatic amines is 1. The molecule has 0 spiro atoms. The lowest BCUT2D eigenvalue weighted by molar-refractivity contribution is 0.767. The topological polar surface area (TPSA) is 97.4 Å². The lowest BCUT2D eigenvalue weighted by Gasteiger charge is -2.01. The quantitative estimate of drug-likeness (QED) is 0.643. The molecule has 0 aliphatic rings. The van der Waals surface area contributed by atoms with Gasteiger partial charge in [-0.3, -0.25) is 9.78 Å². The van der Waals surface area contributed by atoms with Crippen LogP contribution in [-0.4, -0.2) is 31.5 Å². The Morgan fingerprint density at radius 1 is 1.60 bits per heavy atom. The van der Waals surface area contributed by atoms with E-state index in [0.717, 1.165) is 18.8 Å². The summed E-state index contributed by atoms with van der Waals surface area (Å²) < 4.78 is 1.67. The summed E-state index contributed by atoms with van der Waals surface area (Å²) >= 11 is 0. The molecule has 7 nitrogen and oxygen atoms in total. The van der Waals surface area contributed by atoms with E-state index in [-0.39, 0.29) is 0 Å². The average molecular weight is 207 g/mol. The van der Waals surface area contributed by atoms with E-state index in [9.17, 15) is 0 Å². The standard InChI is InChI=1S/C8H13N7/c1-15-4-6(9)8(14-15)10-3-2-7-11-5-12-13-7/h4-5H,2-3,9H2,1H3,(H,10,14)(H,11,12,13). The van der Waals surface area contributed by atoms with Gasteiger partial charge in [0, 0.05) is 26.2 Å². The van der Waals surface area contributed by atoms with Gasteiger partial charge in [-0.2, -0.15) is 10.2 Å². The van der Waals surface area contributed by atoms with E-state index in [4.69, 9.17) is 5.73 Å². The number of hydrogen-bond donors (Lipinski definition) is 3. The normalized spacial score (nSPS) is 10.5. The highest BCUT2D eigenvalue weighted by Crippen LogP contribution is 2.13. The molecule has 2 heterocycles. The molecule has 0 atom stereocenters. The summed E-state index contributed by atoms with van der Waals surface area (Å²) in [4.78, 5) is 4.01. The molecule has 15 heavy (non-hydrogen) atoms. The maximum atomic E-state index is 5.72. The van der Waals surface area contributed by atoms with Crippen LogP contribution < -0.4 is 11.1 Å². The molecule has 4 N–H and O–H groups in total. The number of H-pyrrole nitrogens is 1. The van der Waals surface area contributed by atoms with E-state index in [2.05, 4.69) is 25.6 Å². The molecule has 0 fully saturated rings. The van der Waals surface area contributed by atoms with Crippen LogP contribution in [0.25, 0.3) is 0 Å². The number of nitrogens with zero attached hydrogens (tertiary/aromatic N) is 4. The van der Waals surface area contributed by atoms with Gasteiger partial charge in [-0.25, -0.2) is 4.98 Å². The van der Waals surface area contributed by atoms with Crippen molar-refractivity contribution in [2.75, 3.05) is 17.6 Å². The van der Waals surface area contributed by atoms with Crippen LogP contribution >= 0.6 is 0 Å². The number of rotatable bonds is 4. The molecule has 0 radical (unpaired) electrons. The number of nitrogen functional groups attached to an aromatic ring is 1. The summed E-state index contributed by atoms with van der Waals surface area (Å²) in [7, 11) is 1.83. The zero-order valence-corrected chi connectivity index (χ0v) is 8.44. The summed E-state index contributed by atoms with van der Waals surface area (Å²) in [5.41, 5.74) is 6.37. The highest BCUT2D eigenvalue weighted by Gasteiger charge is 2.03. The third-order valence-corrected chi connectivity index (χ3v) is 1.98. The zero-order valence-electron chi connectivity index (χ0n) is 8.44. The number of aryl methyl sites for hydroxylation is 1. The van der Waals surface area contributed by atoms with Crippen LogP contribution in [-0.2, 0) is 13.5 Å². The number of anilines is 2. The molecule has 0 saturated heterocycles. The van der Waals surface area contributed by atoms with Crippen molar-refractivity contribution in [2.45, 2.75) is 6.42 Å². The molecule has 2 aromatic heterocycles. The lowest BCUT2D eigenvalue weighted by atomic mass is 10.4. The molecule has 0 aliphatic heterocycles. The van der Waals surface area contributed by atoms with Crippen LogP contribution in [0.5, 0.6) is 0 Å². The summed E-state index contributed by atoms with van der Waals surface area (Å²) in [5.74, 6) is 1.55. The Bertz CT molecular complexity index is 416. The number of aromatic nitrogens is 5. The second kappa shape index (κ2) is 3.99. The first-order valence-electron chi connectivity index (χ1n) is 4.63. The number of hydrogen-bond acceptors (Lipinski definition) is 5. The van der Waals surface area contributed by atoms with Crippen molar-refractivity contribution >= 4 is 11.5 Å². The van der Waals surface area contributed by atoms with Gasteiger partial charge in [0.1, 0.15) is 12.2 Å². The molecule has 80 valence electrons. The monoisotopic (exact) mass is 207 g/mol. The van der Waals surface area contributed by atoms with Crippen molar-refractivity contribution in [1.82, 2.24) is 25.0 Å². The first-order chi connectivity index (χ1) is 7.25. The molecule has 0 amide bonds. The van der Waals surface area contributed by atoms with Gasteiger partial charge in [-0.1, -0.05) is 0 Å². The molecule has 7 heteroatoms. The molecule has 2 aromatic rings. The molecular weight excluding hydrogens is 194 g/mol. The highest BCUT2D eigenvalue weighted by molar-refractivity contribution is 5.59. The fourth-order valence-corrected chi connectivity index (χ4v) is 1.29. The number of nitrogens with one attached hydrogen (secondary N) is 2. The zero-order chi connectivity index (χ0) is 10.7. The molecular formula is C8H13N7. The first kappa shape index (κ1) is 9.50. The summed E-state index contributed by atoms with van der Waals surface area (Å²) in [6, 6.07) is 0. The maximum absolute atomic E-state index is 5.72. The van der Waals surface area contributed by atoms with Gasteiger partial charge in [0.2, 0.25) is 0 Å². The minimum Gasteiger partial charge on any atom is -0.394 e. The summed E-state index contributed by atoms with van der Waals surface area (Å²) in [6.45, 7) is 0.719. The van der Waals surface area contributed by atoms with Crippen molar-refractivity contribution in [2.24, 2.45) is 7.05 Å². The van der Waals surface area contributed by atoms with E-state index >= 15 is 0 Å². The van der Waals surface area contributed by atoms with Crippen LogP contribution in [0.2, 0.25) is 0 Å². The Hall–Kier alpha value is -2.05. The molecule has 2 rings (SSSR count). The van der Waals surface area contributed by atoms with Crippen molar-refractivity contribution < 1.29 is 0 Å². The smallest absolute Gasteiger partial charge is 0.171 e. The molecule has 0 bridgehead atoms. The third kappa shape index (κ3) is 2.25. The lowest BCUT2D eigenvalue weighted by Crippen LogP contribution is -2.08. The van der Waals surface area contributed by atoms with Gasteiger partial charge in [0.25, 0.3) is 0 Å². The molecule has 0 unspecified atom stereocenters. The van der Waals surface area contributed by atoms with Crippen molar-refractivity contribution in [3.05, 3.63) is 18.3 Å². The van der Waals surface area contributed by atoms with Crippen LogP contribution in [0.4, 0.5) is 11.5 Å². The fraction of sp³-hybridized carbons (Fsp3) is 0.375. The van der Waals surface area contributed by atoms with Crippen molar-refractivity contribution in [1.29, 1.82) is 0 Å². The Labute approximate surface area is 86.7 Å². The first-order valence-corrected chi connectivity index (χ1v) is 4.63. The van der Waals surface area contributed by atoms with Gasteiger partial charge >= 0.3 is 0 Å². The van der Waals surface area contributed by atoms with Gasteiger partial charge in [0.15, 0.2) is 5.82 Å². The SMILES string of the molecule is Cn1cc(N)c(NCCc2ncn[nH]2)n1. The van der Waals surface area contributed by atoms with E-state index in [1.807, 2.05) is 7.05 Å². The minimum absolute atomic E-state index is 0.648. The van der Waals surface area contributed by atoms with E-state index < -0.39 is 0 Å². The van der Waals surface area contributed by atoms with Crippen molar-refractivity contribution in [3.63, 3.8) is 0 Å². The molecule has 0 aromatic carbocycles. The summed E-state index contributed by atoms with van der Waals surface area (Å²) in [6.07, 6.45) is 4.01. The molecule has 0 saturated carbocycles. The highest BCUT2D eigenvalue weighted by atomic mass is 15.3. The minimum atomic E-state index is 0.648. The van der Waals surface area contributed by atoms with Gasteiger partial charge in [-0.15, -0.1) is 0 Å². The Kier molecular flexibility index (Phi) is 2.53. The Balaban J connectivity index is 1.86. The van der Waals surface area contributed by atoms with Crippen LogP contribution in [0.15, 0.2) is 12.5 Å². The Morgan fingerprint density at radius 3 is 3.07 bits per heavy atom. The largest absolute Gasteiger partial charge is 0.394 e. The van der Waals surface area contributed by atoms with Crippen molar-refractivity contribution in [3.8, 4) is 0 Å². The van der Waals surface area contributed by atoms with E-state index in [0.29, 0.717) is 11.5 Å². The van der Waals surface area contributed by atoms with E-state index in [1.165, 1.54) is 6.33 Å². The molecule has 0 aliphatic carbocycles. The number of nitrogens with two attached hydrogens (primary N) is 1. The van der Waals surface area contributed by atoms with E-state index in [1.54, 1.807) is 10.9 Å². The predicted octanol–water partition coefficient (Wildman–Crippen LogP) is -0.225. The van der Waals surface area contributed by atoms with Gasteiger partial charge in [-0.05, 0) is 0 Å². The average Bonchev–Trinajstić information content (AvgIpc) is 2.77. The second-order valence-corrected chi connectivity index (χ2v) is 3.22. The summed E-state index contributed by atoms with van der Waals surface area (Å²) in [5, 5.41) is 13.8. The van der Waals surface area contributed by atoms with Gasteiger partial charge < -0.3 is 11.1 Å². The van der Waals surface area contributed by atoms with Crippen LogP contribution in [0, 0.1) is 0 Å². The second-order valence-electron chi connectivity index (χ2n) is 3.22. The fourth-order valence-electron chi connectivity index (χ4n) is 1.29. The maximum Gasteiger partial charge on any atom is 0.171 e.